The molecule has 2 aliphatic heterocycles. The molecule has 2 aromatic rings. The van der Waals surface area contributed by atoms with Gasteiger partial charge in [0.15, 0.2) is 0 Å². The Kier molecular flexibility index (Phi) is 4.71. The summed E-state index contributed by atoms with van der Waals surface area (Å²) in [6.45, 7) is 1.35. The number of nitrogens with zero attached hydrogens (tertiary/aromatic N) is 3. The number of rotatable bonds is 4. The van der Waals surface area contributed by atoms with E-state index >= 15 is 0 Å². The van der Waals surface area contributed by atoms with Crippen LogP contribution in [0.3, 0.4) is 0 Å². The lowest BCUT2D eigenvalue weighted by Gasteiger charge is -2.29. The van der Waals surface area contributed by atoms with Crippen LogP contribution in [0.4, 0.5) is 0 Å². The Balaban J connectivity index is 1.44. The van der Waals surface area contributed by atoms with Crippen LogP contribution in [-0.2, 0) is 23.0 Å². The molecule has 2 aliphatic rings. The topological polar surface area (TPSA) is 77.7 Å². The summed E-state index contributed by atoms with van der Waals surface area (Å²) in [5, 5.41) is 8.33. The summed E-state index contributed by atoms with van der Waals surface area (Å²) in [5.41, 5.74) is 5.65. The van der Waals surface area contributed by atoms with Crippen LogP contribution >= 0.6 is 0 Å². The number of nitrogens with one attached hydrogen (secondary N) is 1. The molecule has 0 radical (unpaired) electrons. The monoisotopic (exact) mass is 354 g/mol. The summed E-state index contributed by atoms with van der Waals surface area (Å²) in [7, 11) is 1.85. The van der Waals surface area contributed by atoms with Gasteiger partial charge in [-0.25, -0.2) is 5.43 Å². The van der Waals surface area contributed by atoms with Crippen molar-refractivity contribution in [3.63, 3.8) is 0 Å². The van der Waals surface area contributed by atoms with Crippen molar-refractivity contribution in [1.82, 2.24) is 15.2 Å². The smallest absolute Gasteiger partial charge is 0.246 e. The van der Waals surface area contributed by atoms with E-state index in [1.54, 1.807) is 17.1 Å². The Morgan fingerprint density at radius 1 is 1.42 bits per heavy atom. The maximum atomic E-state index is 12.6. The lowest BCUT2D eigenvalue weighted by Crippen LogP contribution is -2.35. The van der Waals surface area contributed by atoms with Gasteiger partial charge in [0, 0.05) is 37.4 Å². The SMILES string of the molecule is Cn1cc([C@@H]2OCCC[C@H]2C(=O)N/N=C/c2cccc3c2OCC3)cn1. The molecule has 26 heavy (non-hydrogen) atoms. The maximum absolute atomic E-state index is 12.6. The van der Waals surface area contributed by atoms with Crippen molar-refractivity contribution in [2.45, 2.75) is 25.4 Å². The fourth-order valence-corrected chi connectivity index (χ4v) is 3.56. The molecule has 1 aromatic carbocycles. The molecule has 1 amide bonds. The number of aromatic nitrogens is 2. The number of hydrogen-bond acceptors (Lipinski definition) is 5. The Labute approximate surface area is 152 Å². The molecule has 1 aromatic heterocycles. The van der Waals surface area contributed by atoms with E-state index in [9.17, 15) is 4.79 Å². The minimum atomic E-state index is -0.281. The van der Waals surface area contributed by atoms with Gasteiger partial charge in [0.05, 0.1) is 31.0 Å². The minimum Gasteiger partial charge on any atom is -0.492 e. The van der Waals surface area contributed by atoms with Crippen molar-refractivity contribution in [1.29, 1.82) is 0 Å². The minimum absolute atomic E-state index is 0.136. The highest BCUT2D eigenvalue weighted by Gasteiger charge is 2.33. The second-order valence-electron chi connectivity index (χ2n) is 6.66. The molecule has 4 rings (SSSR count). The molecule has 1 fully saturated rings. The Hall–Kier alpha value is -2.67. The highest BCUT2D eigenvalue weighted by molar-refractivity contribution is 5.86. The number of hydrazone groups is 1. The van der Waals surface area contributed by atoms with E-state index in [0.29, 0.717) is 13.2 Å². The van der Waals surface area contributed by atoms with Crippen LogP contribution in [0.2, 0.25) is 0 Å². The van der Waals surface area contributed by atoms with Crippen molar-refractivity contribution >= 4 is 12.1 Å². The van der Waals surface area contributed by atoms with Crippen LogP contribution in [0.25, 0.3) is 0 Å². The lowest BCUT2D eigenvalue weighted by atomic mass is 9.90. The van der Waals surface area contributed by atoms with Gasteiger partial charge in [0.25, 0.3) is 0 Å². The zero-order chi connectivity index (χ0) is 17.9. The number of carbonyl (C=O) groups is 1. The predicted octanol–water partition coefficient (Wildman–Crippen LogP) is 1.97. The largest absolute Gasteiger partial charge is 0.492 e. The second-order valence-corrected chi connectivity index (χ2v) is 6.66. The number of para-hydroxylation sites is 1. The molecule has 0 saturated carbocycles. The van der Waals surface area contributed by atoms with Gasteiger partial charge < -0.3 is 9.47 Å². The fourth-order valence-electron chi connectivity index (χ4n) is 3.56. The van der Waals surface area contributed by atoms with Crippen LogP contribution in [-0.4, -0.2) is 35.1 Å². The van der Waals surface area contributed by atoms with Crippen molar-refractivity contribution in [2.75, 3.05) is 13.2 Å². The fraction of sp³-hybridized carbons (Fsp3) is 0.421. The van der Waals surface area contributed by atoms with Gasteiger partial charge in [0.1, 0.15) is 5.75 Å². The van der Waals surface area contributed by atoms with Crippen molar-refractivity contribution in [2.24, 2.45) is 18.1 Å². The third kappa shape index (κ3) is 3.35. The molecule has 0 bridgehead atoms. The van der Waals surface area contributed by atoms with Crippen LogP contribution in [0.15, 0.2) is 35.7 Å². The zero-order valence-corrected chi connectivity index (χ0v) is 14.7. The summed E-state index contributed by atoms with van der Waals surface area (Å²) in [4.78, 5) is 12.6. The molecule has 1 saturated heterocycles. The van der Waals surface area contributed by atoms with Crippen LogP contribution < -0.4 is 10.2 Å². The van der Waals surface area contributed by atoms with Gasteiger partial charge in [-0.2, -0.15) is 10.2 Å². The molecule has 2 atom stereocenters. The normalized spacial score (nSPS) is 22.2. The molecule has 136 valence electrons. The van der Waals surface area contributed by atoms with Gasteiger partial charge >= 0.3 is 0 Å². The molecule has 7 heteroatoms. The van der Waals surface area contributed by atoms with Crippen LogP contribution in [0, 0.1) is 5.92 Å². The van der Waals surface area contributed by atoms with Crippen molar-refractivity contribution < 1.29 is 14.3 Å². The predicted molar refractivity (Wildman–Crippen MR) is 96.0 cm³/mol. The first kappa shape index (κ1) is 16.8. The van der Waals surface area contributed by atoms with E-state index in [4.69, 9.17) is 9.47 Å². The van der Waals surface area contributed by atoms with E-state index in [1.165, 1.54) is 5.56 Å². The Morgan fingerprint density at radius 3 is 3.19 bits per heavy atom. The third-order valence-corrected chi connectivity index (χ3v) is 4.84. The quantitative estimate of drug-likeness (QED) is 0.673. The number of carbonyl (C=O) groups excluding carboxylic acids is 1. The number of amides is 1. The number of fused-ring (bicyclic) bond motifs is 1. The summed E-state index contributed by atoms with van der Waals surface area (Å²) in [6.07, 6.45) is 7.55. The summed E-state index contributed by atoms with van der Waals surface area (Å²) >= 11 is 0. The summed E-state index contributed by atoms with van der Waals surface area (Å²) < 4.78 is 13.2. The first-order valence-electron chi connectivity index (χ1n) is 8.90. The molecule has 0 unspecified atom stereocenters. The van der Waals surface area contributed by atoms with Crippen LogP contribution in [0.1, 0.15) is 35.6 Å². The van der Waals surface area contributed by atoms with E-state index in [2.05, 4.69) is 21.7 Å². The number of ether oxygens (including phenoxy) is 2. The average molecular weight is 354 g/mol. The highest BCUT2D eigenvalue weighted by atomic mass is 16.5. The summed E-state index contributed by atoms with van der Waals surface area (Å²) in [5.74, 6) is 0.450. The van der Waals surface area contributed by atoms with Gasteiger partial charge in [-0.05, 0) is 24.5 Å². The molecule has 1 N–H and O–H groups in total. The molecular weight excluding hydrogens is 332 g/mol. The summed E-state index contributed by atoms with van der Waals surface area (Å²) in [6, 6.07) is 5.96. The zero-order valence-electron chi connectivity index (χ0n) is 14.7. The van der Waals surface area contributed by atoms with Gasteiger partial charge in [0.2, 0.25) is 5.91 Å². The van der Waals surface area contributed by atoms with Gasteiger partial charge in [-0.15, -0.1) is 0 Å². The van der Waals surface area contributed by atoms with E-state index in [0.717, 1.165) is 36.1 Å². The standard InChI is InChI=1S/C19H22N4O3/c1-23-12-15(11-21-23)18-16(6-3-8-25-18)19(24)22-20-10-14-5-2-4-13-7-9-26-17(13)14/h2,4-5,10-12,16,18H,3,6-9H2,1H3,(H,22,24)/b20-10+/t16-,18+/m1/s1. The van der Waals surface area contributed by atoms with Crippen molar-refractivity contribution in [3.05, 3.63) is 47.3 Å². The Morgan fingerprint density at radius 2 is 2.35 bits per heavy atom. The first-order chi connectivity index (χ1) is 12.7. The van der Waals surface area contributed by atoms with E-state index in [1.807, 2.05) is 25.4 Å². The molecule has 0 aliphatic carbocycles. The second kappa shape index (κ2) is 7.29. The molecule has 3 heterocycles. The molecule has 0 spiro atoms. The van der Waals surface area contributed by atoms with Crippen LogP contribution in [0.5, 0.6) is 5.75 Å². The average Bonchev–Trinajstić information content (AvgIpc) is 3.31. The number of benzene rings is 1. The maximum Gasteiger partial charge on any atom is 0.246 e. The third-order valence-electron chi connectivity index (χ3n) is 4.84. The molecule has 7 nitrogen and oxygen atoms in total. The van der Waals surface area contributed by atoms with Gasteiger partial charge in [-0.1, -0.05) is 12.1 Å². The van der Waals surface area contributed by atoms with E-state index in [-0.39, 0.29) is 17.9 Å². The first-order valence-corrected chi connectivity index (χ1v) is 8.90. The Bertz CT molecular complexity index is 830. The molecular formula is C19H22N4O3. The van der Waals surface area contributed by atoms with E-state index < -0.39 is 0 Å². The lowest BCUT2D eigenvalue weighted by molar-refractivity contribution is -0.134. The number of aryl methyl sites for hydroxylation is 1. The number of hydrogen-bond donors (Lipinski definition) is 1. The van der Waals surface area contributed by atoms with Gasteiger partial charge in [-0.3, -0.25) is 9.48 Å². The van der Waals surface area contributed by atoms with Crippen molar-refractivity contribution in [3.8, 4) is 5.75 Å². The highest BCUT2D eigenvalue weighted by Crippen LogP contribution is 2.33.